The van der Waals surface area contributed by atoms with Gasteiger partial charge in [0.1, 0.15) is 0 Å². The van der Waals surface area contributed by atoms with Crippen LogP contribution in [-0.4, -0.2) is 36.7 Å². The number of allylic oxidation sites excluding steroid dienone is 1. The highest BCUT2D eigenvalue weighted by Crippen LogP contribution is 2.20. The van der Waals surface area contributed by atoms with Gasteiger partial charge in [-0.05, 0) is 25.8 Å². The third kappa shape index (κ3) is 7.46. The molecule has 0 heterocycles. The zero-order valence-electron chi connectivity index (χ0n) is 13.9. The van der Waals surface area contributed by atoms with Crippen molar-refractivity contribution in [2.45, 2.75) is 26.7 Å². The number of Topliss-reactive ketones (excluding diaryl/α,β-unsaturated/α-hetero) is 1. The third-order valence-electron chi connectivity index (χ3n) is 2.94. The molecule has 0 aliphatic rings. The number of aryl methyl sites for hydroxylation is 1. The van der Waals surface area contributed by atoms with E-state index >= 15 is 0 Å². The molecule has 6 heteroatoms. The highest BCUT2D eigenvalue weighted by atomic mass is 32.2. The lowest BCUT2D eigenvalue weighted by Gasteiger charge is -2.07. The number of hydrogen-bond donors (Lipinski definition) is 0. The number of esters is 2. The quantitative estimate of drug-likeness (QED) is 0.367. The maximum atomic E-state index is 12.0. The predicted octanol–water partition coefficient (Wildman–Crippen LogP) is 2.93. The molecule has 0 bridgehead atoms. The molecule has 0 atom stereocenters. The van der Waals surface area contributed by atoms with E-state index in [1.54, 1.807) is 13.8 Å². The Labute approximate surface area is 146 Å². The van der Waals surface area contributed by atoms with E-state index in [4.69, 9.17) is 4.74 Å². The van der Waals surface area contributed by atoms with E-state index in [0.717, 1.165) is 12.0 Å². The van der Waals surface area contributed by atoms with Crippen molar-refractivity contribution in [3.05, 3.63) is 46.9 Å². The van der Waals surface area contributed by atoms with Crippen LogP contribution in [0.5, 0.6) is 0 Å². The molecule has 0 aliphatic carbocycles. The molecule has 0 aromatic heterocycles. The Bertz CT molecular complexity index is 580. The van der Waals surface area contributed by atoms with Crippen molar-refractivity contribution in [3.8, 4) is 0 Å². The number of thioether (sulfide) groups is 1. The van der Waals surface area contributed by atoms with Crippen LogP contribution < -0.4 is 0 Å². The van der Waals surface area contributed by atoms with E-state index in [1.807, 2.05) is 30.3 Å². The SMILES string of the molecule is CCOC(=O)C(=O)CC=C(SCCc1ccccc1)C(=O)OCC. The summed E-state index contributed by atoms with van der Waals surface area (Å²) in [5.74, 6) is -1.37. The third-order valence-corrected chi connectivity index (χ3v) is 4.00. The molecule has 0 saturated heterocycles. The predicted molar refractivity (Wildman–Crippen MR) is 93.6 cm³/mol. The first kappa shape index (κ1) is 20.0. The zero-order valence-corrected chi connectivity index (χ0v) is 14.8. The van der Waals surface area contributed by atoms with E-state index in [2.05, 4.69) is 4.74 Å². The average molecular weight is 350 g/mol. The summed E-state index contributed by atoms with van der Waals surface area (Å²) < 4.78 is 9.63. The molecule has 0 fully saturated rings. The van der Waals surface area contributed by atoms with Crippen LogP contribution in [0.2, 0.25) is 0 Å². The molecule has 24 heavy (non-hydrogen) atoms. The van der Waals surface area contributed by atoms with Gasteiger partial charge >= 0.3 is 11.9 Å². The van der Waals surface area contributed by atoms with Crippen LogP contribution in [0.25, 0.3) is 0 Å². The van der Waals surface area contributed by atoms with Crippen LogP contribution in [0, 0.1) is 0 Å². The summed E-state index contributed by atoms with van der Waals surface area (Å²) in [6.07, 6.45) is 2.05. The average Bonchev–Trinajstić information content (AvgIpc) is 2.58. The molecule has 5 nitrogen and oxygen atoms in total. The molecule has 0 spiro atoms. The van der Waals surface area contributed by atoms with Gasteiger partial charge in [0.05, 0.1) is 18.1 Å². The van der Waals surface area contributed by atoms with E-state index < -0.39 is 17.7 Å². The standard InChI is InChI=1S/C18H22O5S/c1-3-22-17(20)15(19)10-11-16(18(21)23-4-2)24-13-12-14-8-6-5-7-9-14/h5-9,11H,3-4,10,12-13H2,1-2H3. The summed E-state index contributed by atoms with van der Waals surface area (Å²) in [4.78, 5) is 35.3. The van der Waals surface area contributed by atoms with Gasteiger partial charge in [0.2, 0.25) is 5.78 Å². The molecule has 0 aliphatic heterocycles. The Morgan fingerprint density at radius 1 is 1.00 bits per heavy atom. The molecule has 0 amide bonds. The van der Waals surface area contributed by atoms with Crippen molar-refractivity contribution in [2.75, 3.05) is 19.0 Å². The van der Waals surface area contributed by atoms with Crippen molar-refractivity contribution in [3.63, 3.8) is 0 Å². The van der Waals surface area contributed by atoms with Crippen LogP contribution in [0.1, 0.15) is 25.8 Å². The van der Waals surface area contributed by atoms with E-state index in [9.17, 15) is 14.4 Å². The Kier molecular flexibility index (Phi) is 9.53. The van der Waals surface area contributed by atoms with Gasteiger partial charge in [-0.15, -0.1) is 11.8 Å². The van der Waals surface area contributed by atoms with Gasteiger partial charge in [0.15, 0.2) is 0 Å². The van der Waals surface area contributed by atoms with E-state index in [-0.39, 0.29) is 19.6 Å². The Morgan fingerprint density at radius 3 is 2.25 bits per heavy atom. The summed E-state index contributed by atoms with van der Waals surface area (Å²) in [6, 6.07) is 9.89. The molecule has 0 unspecified atom stereocenters. The van der Waals surface area contributed by atoms with Crippen molar-refractivity contribution >= 4 is 29.5 Å². The molecule has 1 aromatic rings. The highest BCUT2D eigenvalue weighted by molar-refractivity contribution is 8.03. The number of ether oxygens (including phenoxy) is 2. The maximum absolute atomic E-state index is 12.0. The molecule has 0 radical (unpaired) electrons. The zero-order chi connectivity index (χ0) is 17.8. The lowest BCUT2D eigenvalue weighted by atomic mass is 10.2. The fourth-order valence-corrected chi connectivity index (χ4v) is 2.74. The van der Waals surface area contributed by atoms with Crippen molar-refractivity contribution in [2.24, 2.45) is 0 Å². The van der Waals surface area contributed by atoms with Crippen LogP contribution >= 0.6 is 11.8 Å². The Balaban J connectivity index is 2.62. The van der Waals surface area contributed by atoms with Gasteiger partial charge in [-0.1, -0.05) is 36.4 Å². The number of benzene rings is 1. The number of carbonyl (C=O) groups excluding carboxylic acids is 3. The second-order valence-corrected chi connectivity index (χ2v) is 5.86. The molecular weight excluding hydrogens is 328 g/mol. The molecule has 130 valence electrons. The van der Waals surface area contributed by atoms with Gasteiger partial charge < -0.3 is 9.47 Å². The van der Waals surface area contributed by atoms with Gasteiger partial charge in [0, 0.05) is 12.2 Å². The largest absolute Gasteiger partial charge is 0.462 e. The first-order chi connectivity index (χ1) is 11.6. The van der Waals surface area contributed by atoms with Crippen molar-refractivity contribution in [1.29, 1.82) is 0 Å². The van der Waals surface area contributed by atoms with Gasteiger partial charge in [-0.3, -0.25) is 4.79 Å². The normalized spacial score (nSPS) is 11.0. The molecule has 0 saturated carbocycles. The van der Waals surface area contributed by atoms with E-state index in [1.165, 1.54) is 17.8 Å². The highest BCUT2D eigenvalue weighted by Gasteiger charge is 2.16. The minimum Gasteiger partial charge on any atom is -0.462 e. The lowest BCUT2D eigenvalue weighted by Crippen LogP contribution is -2.16. The topological polar surface area (TPSA) is 69.7 Å². The first-order valence-electron chi connectivity index (χ1n) is 7.82. The Morgan fingerprint density at radius 2 is 1.62 bits per heavy atom. The Hall–Kier alpha value is -2.08. The van der Waals surface area contributed by atoms with Crippen molar-refractivity contribution < 1.29 is 23.9 Å². The minimum absolute atomic E-state index is 0.144. The molecular formula is C18H22O5S. The van der Waals surface area contributed by atoms with E-state index in [0.29, 0.717) is 10.7 Å². The number of hydrogen-bond acceptors (Lipinski definition) is 6. The van der Waals surface area contributed by atoms with Crippen LogP contribution in [0.3, 0.4) is 0 Å². The summed E-state index contributed by atoms with van der Waals surface area (Å²) in [5, 5.41) is 0. The van der Waals surface area contributed by atoms with Crippen LogP contribution in [0.15, 0.2) is 41.3 Å². The lowest BCUT2D eigenvalue weighted by molar-refractivity contribution is -0.153. The van der Waals surface area contributed by atoms with Crippen LogP contribution in [-0.2, 0) is 30.3 Å². The summed E-state index contributed by atoms with van der Waals surface area (Å²) >= 11 is 1.31. The summed E-state index contributed by atoms with van der Waals surface area (Å²) in [5.41, 5.74) is 1.16. The monoisotopic (exact) mass is 350 g/mol. The second-order valence-electron chi connectivity index (χ2n) is 4.72. The summed E-state index contributed by atoms with van der Waals surface area (Å²) in [6.45, 7) is 3.74. The maximum Gasteiger partial charge on any atom is 0.374 e. The van der Waals surface area contributed by atoms with Crippen molar-refractivity contribution in [1.82, 2.24) is 0 Å². The smallest absolute Gasteiger partial charge is 0.374 e. The van der Waals surface area contributed by atoms with Gasteiger partial charge in [-0.2, -0.15) is 0 Å². The minimum atomic E-state index is -0.883. The summed E-state index contributed by atoms with van der Waals surface area (Å²) in [7, 11) is 0. The fourth-order valence-electron chi connectivity index (χ4n) is 1.81. The molecule has 1 aromatic carbocycles. The second kappa shape index (κ2) is 11.5. The van der Waals surface area contributed by atoms with Gasteiger partial charge in [0.25, 0.3) is 0 Å². The van der Waals surface area contributed by atoms with Crippen LogP contribution in [0.4, 0.5) is 0 Å². The molecule has 0 N–H and O–H groups in total. The fraction of sp³-hybridized carbons (Fsp3) is 0.389. The number of carbonyl (C=O) groups is 3. The number of rotatable bonds is 10. The molecule has 1 rings (SSSR count). The van der Waals surface area contributed by atoms with Gasteiger partial charge in [-0.25, -0.2) is 9.59 Å². The number of ketones is 1. The first-order valence-corrected chi connectivity index (χ1v) is 8.81.